The fraction of sp³-hybridized carbons (Fsp3) is 1.00. The highest BCUT2D eigenvalue weighted by Crippen LogP contribution is 2.46. The molecule has 2 heteroatoms. The largest absolute Gasteiger partial charge is 0.373 e. The van der Waals surface area contributed by atoms with E-state index in [1.165, 1.54) is 25.9 Å². The van der Waals surface area contributed by atoms with Gasteiger partial charge in [0.2, 0.25) is 0 Å². The smallest absolute Gasteiger partial charge is 0.0602 e. The van der Waals surface area contributed by atoms with E-state index in [4.69, 9.17) is 4.74 Å². The standard InChI is InChI=1S/C10H19NO/c1-9(2,3)12-8-4-10(5-8)6-11-7-10/h8,11H,4-7H2,1-3H3. The lowest BCUT2D eigenvalue weighted by atomic mass is 9.63. The molecule has 0 aromatic heterocycles. The average molecular weight is 169 g/mol. The first-order valence-corrected chi connectivity index (χ1v) is 4.88. The van der Waals surface area contributed by atoms with Crippen molar-refractivity contribution in [3.05, 3.63) is 0 Å². The van der Waals surface area contributed by atoms with Gasteiger partial charge in [-0.1, -0.05) is 0 Å². The van der Waals surface area contributed by atoms with Gasteiger partial charge in [0.1, 0.15) is 0 Å². The van der Waals surface area contributed by atoms with Crippen LogP contribution >= 0.6 is 0 Å². The monoisotopic (exact) mass is 169 g/mol. The first kappa shape index (κ1) is 8.52. The van der Waals surface area contributed by atoms with Crippen LogP contribution in [0.3, 0.4) is 0 Å². The Hall–Kier alpha value is -0.0800. The molecule has 1 spiro atoms. The fourth-order valence-electron chi connectivity index (χ4n) is 2.26. The number of nitrogens with one attached hydrogen (secondary N) is 1. The summed E-state index contributed by atoms with van der Waals surface area (Å²) in [6.07, 6.45) is 3.08. The molecule has 2 aliphatic rings. The summed E-state index contributed by atoms with van der Waals surface area (Å²) in [5.41, 5.74) is 0.694. The second-order valence-electron chi connectivity index (χ2n) is 5.36. The molecule has 1 saturated carbocycles. The van der Waals surface area contributed by atoms with Gasteiger partial charge in [0, 0.05) is 18.5 Å². The molecule has 1 N–H and O–H groups in total. The van der Waals surface area contributed by atoms with Crippen molar-refractivity contribution in [2.45, 2.75) is 45.3 Å². The van der Waals surface area contributed by atoms with Gasteiger partial charge in [-0.3, -0.25) is 0 Å². The third kappa shape index (κ3) is 1.50. The lowest BCUT2D eigenvalue weighted by Crippen LogP contribution is -2.62. The van der Waals surface area contributed by atoms with E-state index in [-0.39, 0.29) is 5.60 Å². The third-order valence-electron chi connectivity index (χ3n) is 2.84. The zero-order valence-corrected chi connectivity index (χ0v) is 8.31. The Morgan fingerprint density at radius 1 is 1.25 bits per heavy atom. The van der Waals surface area contributed by atoms with Gasteiger partial charge >= 0.3 is 0 Å². The van der Waals surface area contributed by atoms with Crippen LogP contribution in [0, 0.1) is 5.41 Å². The molecule has 0 unspecified atom stereocenters. The molecule has 0 aromatic rings. The minimum atomic E-state index is 0.0451. The van der Waals surface area contributed by atoms with Crippen LogP contribution in [0.4, 0.5) is 0 Å². The van der Waals surface area contributed by atoms with E-state index in [0.29, 0.717) is 11.5 Å². The summed E-state index contributed by atoms with van der Waals surface area (Å²) in [6.45, 7) is 8.85. The topological polar surface area (TPSA) is 21.3 Å². The predicted molar refractivity (Wildman–Crippen MR) is 49.2 cm³/mol. The summed E-state index contributed by atoms with van der Waals surface area (Å²) < 4.78 is 5.88. The van der Waals surface area contributed by atoms with Gasteiger partial charge in [-0.2, -0.15) is 0 Å². The van der Waals surface area contributed by atoms with Crippen molar-refractivity contribution in [3.8, 4) is 0 Å². The predicted octanol–water partition coefficient (Wildman–Crippen LogP) is 1.55. The highest BCUT2D eigenvalue weighted by Gasteiger charge is 2.49. The Kier molecular flexibility index (Phi) is 1.74. The molecule has 2 rings (SSSR count). The van der Waals surface area contributed by atoms with E-state index < -0.39 is 0 Å². The van der Waals surface area contributed by atoms with Crippen molar-refractivity contribution in [3.63, 3.8) is 0 Å². The van der Waals surface area contributed by atoms with E-state index in [2.05, 4.69) is 26.1 Å². The van der Waals surface area contributed by atoms with Crippen LogP contribution < -0.4 is 5.32 Å². The fourth-order valence-corrected chi connectivity index (χ4v) is 2.26. The van der Waals surface area contributed by atoms with Gasteiger partial charge in [0.25, 0.3) is 0 Å². The Labute approximate surface area is 74.7 Å². The number of ether oxygens (including phenoxy) is 1. The van der Waals surface area contributed by atoms with Crippen molar-refractivity contribution >= 4 is 0 Å². The van der Waals surface area contributed by atoms with Crippen molar-refractivity contribution in [2.24, 2.45) is 5.41 Å². The van der Waals surface area contributed by atoms with Gasteiger partial charge in [-0.25, -0.2) is 0 Å². The van der Waals surface area contributed by atoms with Crippen molar-refractivity contribution in [1.82, 2.24) is 5.32 Å². The van der Waals surface area contributed by atoms with Crippen LogP contribution in [0.25, 0.3) is 0 Å². The van der Waals surface area contributed by atoms with E-state index in [1.54, 1.807) is 0 Å². The van der Waals surface area contributed by atoms with Crippen molar-refractivity contribution < 1.29 is 4.74 Å². The van der Waals surface area contributed by atoms with E-state index in [9.17, 15) is 0 Å². The van der Waals surface area contributed by atoms with Crippen LogP contribution in [0.1, 0.15) is 33.6 Å². The number of rotatable bonds is 1. The number of hydrogen-bond donors (Lipinski definition) is 1. The Morgan fingerprint density at radius 2 is 1.83 bits per heavy atom. The molecular weight excluding hydrogens is 150 g/mol. The lowest BCUT2D eigenvalue weighted by molar-refractivity contribution is -0.156. The quantitative estimate of drug-likeness (QED) is 0.643. The third-order valence-corrected chi connectivity index (χ3v) is 2.84. The lowest BCUT2D eigenvalue weighted by Gasteiger charge is -2.55. The summed E-state index contributed by atoms with van der Waals surface area (Å²) in [7, 11) is 0. The molecule has 70 valence electrons. The molecule has 0 amide bonds. The SMILES string of the molecule is CC(C)(C)OC1CC2(CNC2)C1. The summed E-state index contributed by atoms with van der Waals surface area (Å²) >= 11 is 0. The van der Waals surface area contributed by atoms with E-state index in [1.807, 2.05) is 0 Å². The Bertz CT molecular complexity index is 171. The van der Waals surface area contributed by atoms with Crippen LogP contribution in [0.2, 0.25) is 0 Å². The van der Waals surface area contributed by atoms with Crippen LogP contribution in [-0.4, -0.2) is 24.8 Å². The highest BCUT2D eigenvalue weighted by atomic mass is 16.5. The van der Waals surface area contributed by atoms with Gasteiger partial charge < -0.3 is 10.1 Å². The molecular formula is C10H19NO. The molecule has 2 fully saturated rings. The van der Waals surface area contributed by atoms with Crippen LogP contribution in [0.5, 0.6) is 0 Å². The first-order chi connectivity index (χ1) is 5.49. The average Bonchev–Trinajstić information content (AvgIpc) is 1.69. The molecule has 2 nitrogen and oxygen atoms in total. The molecule has 0 aromatic carbocycles. The molecule has 0 atom stereocenters. The highest BCUT2D eigenvalue weighted by molar-refractivity contribution is 5.03. The maximum atomic E-state index is 5.88. The maximum absolute atomic E-state index is 5.88. The zero-order valence-electron chi connectivity index (χ0n) is 8.31. The Morgan fingerprint density at radius 3 is 2.17 bits per heavy atom. The number of hydrogen-bond acceptors (Lipinski definition) is 2. The van der Waals surface area contributed by atoms with Crippen molar-refractivity contribution in [2.75, 3.05) is 13.1 Å². The molecule has 1 saturated heterocycles. The zero-order chi connectivity index (χ0) is 8.82. The van der Waals surface area contributed by atoms with Gasteiger partial charge in [0.15, 0.2) is 0 Å². The van der Waals surface area contributed by atoms with Gasteiger partial charge in [0.05, 0.1) is 11.7 Å². The molecule has 12 heavy (non-hydrogen) atoms. The second-order valence-corrected chi connectivity index (χ2v) is 5.36. The summed E-state index contributed by atoms with van der Waals surface area (Å²) in [5.74, 6) is 0. The molecule has 1 aliphatic carbocycles. The Balaban J connectivity index is 1.74. The van der Waals surface area contributed by atoms with Crippen LogP contribution in [-0.2, 0) is 4.74 Å². The maximum Gasteiger partial charge on any atom is 0.0602 e. The van der Waals surface area contributed by atoms with Gasteiger partial charge in [-0.05, 0) is 33.6 Å². The molecule has 0 radical (unpaired) electrons. The molecule has 0 bridgehead atoms. The molecule has 1 aliphatic heterocycles. The van der Waals surface area contributed by atoms with E-state index >= 15 is 0 Å². The summed E-state index contributed by atoms with van der Waals surface area (Å²) in [5, 5.41) is 3.33. The summed E-state index contributed by atoms with van der Waals surface area (Å²) in [6, 6.07) is 0. The second kappa shape index (κ2) is 2.46. The first-order valence-electron chi connectivity index (χ1n) is 4.88. The normalized spacial score (nSPS) is 28.2. The van der Waals surface area contributed by atoms with E-state index in [0.717, 1.165) is 0 Å². The minimum Gasteiger partial charge on any atom is -0.373 e. The van der Waals surface area contributed by atoms with Gasteiger partial charge in [-0.15, -0.1) is 0 Å². The van der Waals surface area contributed by atoms with Crippen LogP contribution in [0.15, 0.2) is 0 Å². The summed E-state index contributed by atoms with van der Waals surface area (Å²) in [4.78, 5) is 0. The van der Waals surface area contributed by atoms with Crippen molar-refractivity contribution in [1.29, 1.82) is 0 Å². The molecule has 1 heterocycles. The minimum absolute atomic E-state index is 0.0451.